The standard InChI is InChI=1S/C13H12BrClN2O2/c1-17-7-9(15)6-11(17)13(18)16-10-5-8(14)3-4-12(10)19-2/h3-7H,1-2H3,(H,16,18). The van der Waals surface area contributed by atoms with Gasteiger partial charge in [-0.1, -0.05) is 27.5 Å². The van der Waals surface area contributed by atoms with Gasteiger partial charge in [-0.2, -0.15) is 0 Å². The first-order valence-corrected chi connectivity index (χ1v) is 6.65. The highest BCUT2D eigenvalue weighted by Gasteiger charge is 2.13. The zero-order chi connectivity index (χ0) is 14.0. The maximum atomic E-state index is 12.2. The lowest BCUT2D eigenvalue weighted by Crippen LogP contribution is -2.15. The van der Waals surface area contributed by atoms with Crippen LogP contribution in [0, 0.1) is 0 Å². The molecule has 2 rings (SSSR count). The highest BCUT2D eigenvalue weighted by atomic mass is 79.9. The van der Waals surface area contributed by atoms with Crippen molar-refractivity contribution in [2.24, 2.45) is 7.05 Å². The second-order valence-electron chi connectivity index (χ2n) is 3.95. The Morgan fingerprint density at radius 1 is 1.42 bits per heavy atom. The molecule has 1 N–H and O–H groups in total. The molecule has 0 aliphatic rings. The highest BCUT2D eigenvalue weighted by Crippen LogP contribution is 2.28. The number of ether oxygens (including phenoxy) is 1. The molecular formula is C13H12BrClN2O2. The quantitative estimate of drug-likeness (QED) is 0.923. The Bertz CT molecular complexity index is 625. The van der Waals surface area contributed by atoms with E-state index in [1.54, 1.807) is 43.1 Å². The summed E-state index contributed by atoms with van der Waals surface area (Å²) < 4.78 is 7.73. The molecule has 2 aromatic rings. The largest absolute Gasteiger partial charge is 0.495 e. The third-order valence-corrected chi connectivity index (χ3v) is 3.31. The van der Waals surface area contributed by atoms with Crippen LogP contribution in [0.15, 0.2) is 34.9 Å². The van der Waals surface area contributed by atoms with Crippen molar-refractivity contribution in [3.8, 4) is 5.75 Å². The van der Waals surface area contributed by atoms with Crippen LogP contribution >= 0.6 is 27.5 Å². The minimum Gasteiger partial charge on any atom is -0.495 e. The molecule has 4 nitrogen and oxygen atoms in total. The number of hydrogen-bond acceptors (Lipinski definition) is 2. The van der Waals surface area contributed by atoms with Crippen molar-refractivity contribution in [2.45, 2.75) is 0 Å². The molecule has 6 heteroatoms. The predicted molar refractivity (Wildman–Crippen MR) is 79.1 cm³/mol. The van der Waals surface area contributed by atoms with Gasteiger partial charge in [0.2, 0.25) is 0 Å². The first-order chi connectivity index (χ1) is 9.01. The lowest BCUT2D eigenvalue weighted by molar-refractivity contribution is 0.101. The minimum atomic E-state index is -0.245. The van der Waals surface area contributed by atoms with Gasteiger partial charge in [-0.3, -0.25) is 4.79 Å². The average molecular weight is 344 g/mol. The van der Waals surface area contributed by atoms with E-state index in [0.29, 0.717) is 22.2 Å². The summed E-state index contributed by atoms with van der Waals surface area (Å²) in [5, 5.41) is 3.32. The van der Waals surface area contributed by atoms with Crippen LogP contribution in [0.3, 0.4) is 0 Å². The molecule has 1 aromatic carbocycles. The van der Waals surface area contributed by atoms with E-state index in [2.05, 4.69) is 21.2 Å². The molecule has 19 heavy (non-hydrogen) atoms. The number of nitrogens with one attached hydrogen (secondary N) is 1. The van der Waals surface area contributed by atoms with E-state index in [-0.39, 0.29) is 5.91 Å². The summed E-state index contributed by atoms with van der Waals surface area (Å²) in [7, 11) is 3.32. The Morgan fingerprint density at radius 3 is 2.74 bits per heavy atom. The number of aryl methyl sites for hydroxylation is 1. The molecule has 1 heterocycles. The molecule has 1 amide bonds. The van der Waals surface area contributed by atoms with Crippen molar-refractivity contribution in [3.63, 3.8) is 0 Å². The van der Waals surface area contributed by atoms with E-state index in [0.717, 1.165) is 4.47 Å². The number of aromatic nitrogens is 1. The van der Waals surface area contributed by atoms with E-state index < -0.39 is 0 Å². The maximum Gasteiger partial charge on any atom is 0.272 e. The smallest absolute Gasteiger partial charge is 0.272 e. The summed E-state index contributed by atoms with van der Waals surface area (Å²) in [6, 6.07) is 7.01. The SMILES string of the molecule is COc1ccc(Br)cc1NC(=O)c1cc(Cl)cn1C. The molecule has 0 radical (unpaired) electrons. The normalized spacial score (nSPS) is 10.3. The van der Waals surface area contributed by atoms with E-state index in [1.165, 1.54) is 0 Å². The second-order valence-corrected chi connectivity index (χ2v) is 5.31. The van der Waals surface area contributed by atoms with Gasteiger partial charge in [0.15, 0.2) is 0 Å². The number of benzene rings is 1. The second kappa shape index (κ2) is 5.67. The fraction of sp³-hybridized carbons (Fsp3) is 0.154. The van der Waals surface area contributed by atoms with Crippen LogP contribution in [0.4, 0.5) is 5.69 Å². The van der Waals surface area contributed by atoms with Crippen LogP contribution in [0.5, 0.6) is 5.75 Å². The van der Waals surface area contributed by atoms with Gasteiger partial charge in [0, 0.05) is 17.7 Å². The Balaban J connectivity index is 2.28. The van der Waals surface area contributed by atoms with Gasteiger partial charge in [-0.05, 0) is 24.3 Å². The minimum absolute atomic E-state index is 0.245. The van der Waals surface area contributed by atoms with Crippen LogP contribution in [0.1, 0.15) is 10.5 Å². The molecule has 0 aliphatic heterocycles. The van der Waals surface area contributed by atoms with Gasteiger partial charge in [0.25, 0.3) is 5.91 Å². The number of hydrogen-bond donors (Lipinski definition) is 1. The van der Waals surface area contributed by atoms with Crippen LogP contribution in [-0.4, -0.2) is 17.6 Å². The lowest BCUT2D eigenvalue weighted by Gasteiger charge is -2.10. The molecule has 0 aliphatic carbocycles. The van der Waals surface area contributed by atoms with E-state index >= 15 is 0 Å². The van der Waals surface area contributed by atoms with Crippen molar-refractivity contribution in [2.75, 3.05) is 12.4 Å². The summed E-state index contributed by atoms with van der Waals surface area (Å²) in [5.74, 6) is 0.350. The number of nitrogens with zero attached hydrogens (tertiary/aromatic N) is 1. The molecule has 1 aromatic heterocycles. The van der Waals surface area contributed by atoms with Crippen LogP contribution in [-0.2, 0) is 7.05 Å². The van der Waals surface area contributed by atoms with E-state index in [9.17, 15) is 4.79 Å². The third kappa shape index (κ3) is 3.11. The first-order valence-electron chi connectivity index (χ1n) is 5.48. The molecule has 0 unspecified atom stereocenters. The molecular weight excluding hydrogens is 332 g/mol. The number of anilines is 1. The van der Waals surface area contributed by atoms with Crippen molar-refractivity contribution in [1.29, 1.82) is 0 Å². The monoisotopic (exact) mass is 342 g/mol. The average Bonchev–Trinajstić information content (AvgIpc) is 2.69. The topological polar surface area (TPSA) is 43.3 Å². The molecule has 0 saturated heterocycles. The highest BCUT2D eigenvalue weighted by molar-refractivity contribution is 9.10. The summed E-state index contributed by atoms with van der Waals surface area (Å²) in [4.78, 5) is 12.2. The number of methoxy groups -OCH3 is 1. The number of carbonyl (C=O) groups excluding carboxylic acids is 1. The Morgan fingerprint density at radius 2 is 2.16 bits per heavy atom. The molecule has 0 spiro atoms. The lowest BCUT2D eigenvalue weighted by atomic mass is 10.3. The maximum absolute atomic E-state index is 12.2. The van der Waals surface area contributed by atoms with Crippen molar-refractivity contribution in [1.82, 2.24) is 4.57 Å². The van der Waals surface area contributed by atoms with Gasteiger partial charge in [-0.25, -0.2) is 0 Å². The number of amides is 1. The van der Waals surface area contributed by atoms with Gasteiger partial charge in [0.1, 0.15) is 11.4 Å². The number of halogens is 2. The van der Waals surface area contributed by atoms with Crippen LogP contribution in [0.25, 0.3) is 0 Å². The Labute approximate surface area is 124 Å². The predicted octanol–water partition coefficient (Wildman–Crippen LogP) is 3.70. The van der Waals surface area contributed by atoms with Gasteiger partial charge < -0.3 is 14.6 Å². The van der Waals surface area contributed by atoms with Crippen molar-refractivity contribution < 1.29 is 9.53 Å². The van der Waals surface area contributed by atoms with E-state index in [4.69, 9.17) is 16.3 Å². The molecule has 0 saturated carbocycles. The molecule has 0 atom stereocenters. The fourth-order valence-electron chi connectivity index (χ4n) is 1.71. The van der Waals surface area contributed by atoms with Crippen molar-refractivity contribution >= 4 is 39.1 Å². The van der Waals surface area contributed by atoms with Gasteiger partial charge in [-0.15, -0.1) is 0 Å². The Kier molecular flexibility index (Phi) is 4.17. The Hall–Kier alpha value is -1.46. The molecule has 0 bridgehead atoms. The fourth-order valence-corrected chi connectivity index (χ4v) is 2.33. The van der Waals surface area contributed by atoms with Crippen LogP contribution in [0.2, 0.25) is 5.02 Å². The van der Waals surface area contributed by atoms with Crippen LogP contribution < -0.4 is 10.1 Å². The van der Waals surface area contributed by atoms with Gasteiger partial charge in [0.05, 0.1) is 17.8 Å². The number of carbonyl (C=O) groups is 1. The zero-order valence-electron chi connectivity index (χ0n) is 10.4. The third-order valence-electron chi connectivity index (χ3n) is 2.61. The summed E-state index contributed by atoms with van der Waals surface area (Å²) >= 11 is 9.22. The van der Waals surface area contributed by atoms with E-state index in [1.807, 2.05) is 6.07 Å². The zero-order valence-corrected chi connectivity index (χ0v) is 12.7. The summed E-state index contributed by atoms with van der Waals surface area (Å²) in [6.45, 7) is 0. The van der Waals surface area contributed by atoms with Crippen molar-refractivity contribution in [3.05, 3.63) is 45.7 Å². The first kappa shape index (κ1) is 14.0. The molecule has 100 valence electrons. The van der Waals surface area contributed by atoms with Gasteiger partial charge >= 0.3 is 0 Å². The molecule has 0 fully saturated rings. The summed E-state index contributed by atoms with van der Waals surface area (Å²) in [6.07, 6.45) is 1.68. The number of rotatable bonds is 3. The summed E-state index contributed by atoms with van der Waals surface area (Å²) in [5.41, 5.74) is 1.08.